The maximum absolute atomic E-state index is 5.81. The van der Waals surface area contributed by atoms with Crippen molar-refractivity contribution >= 4 is 0 Å². The van der Waals surface area contributed by atoms with Gasteiger partial charge in [-0.05, 0) is 42.9 Å². The predicted molar refractivity (Wildman–Crippen MR) is 56.0 cm³/mol. The Bertz CT molecular complexity index is 316. The van der Waals surface area contributed by atoms with Gasteiger partial charge in [0.25, 0.3) is 0 Å². The standard InChI is InChI=1S/C12H15N/c13-12-8-4-7-11(9-12)10-5-2-1-3-6-10/h1-2,5,7,9H,3-4,6,8,13H2. The summed E-state index contributed by atoms with van der Waals surface area (Å²) in [6.45, 7) is 0. The molecule has 13 heavy (non-hydrogen) atoms. The summed E-state index contributed by atoms with van der Waals surface area (Å²) in [5.74, 6) is 0. The first kappa shape index (κ1) is 8.36. The van der Waals surface area contributed by atoms with Gasteiger partial charge in [-0.25, -0.2) is 0 Å². The summed E-state index contributed by atoms with van der Waals surface area (Å²) >= 11 is 0. The van der Waals surface area contributed by atoms with E-state index in [1.165, 1.54) is 11.1 Å². The van der Waals surface area contributed by atoms with Gasteiger partial charge in [0.05, 0.1) is 0 Å². The highest BCUT2D eigenvalue weighted by atomic mass is 14.6. The van der Waals surface area contributed by atoms with E-state index >= 15 is 0 Å². The molecule has 68 valence electrons. The highest BCUT2D eigenvalue weighted by Gasteiger charge is 2.07. The molecule has 0 unspecified atom stereocenters. The Morgan fingerprint density at radius 1 is 1.15 bits per heavy atom. The second-order valence-electron chi connectivity index (χ2n) is 3.58. The van der Waals surface area contributed by atoms with Crippen LogP contribution in [0.2, 0.25) is 0 Å². The smallest absolute Gasteiger partial charge is 0.00895 e. The van der Waals surface area contributed by atoms with E-state index in [-0.39, 0.29) is 0 Å². The third-order valence-electron chi connectivity index (χ3n) is 2.52. The molecule has 0 aromatic rings. The van der Waals surface area contributed by atoms with Crippen LogP contribution in [0.4, 0.5) is 0 Å². The first-order valence-electron chi connectivity index (χ1n) is 4.88. The molecule has 0 bridgehead atoms. The van der Waals surface area contributed by atoms with E-state index < -0.39 is 0 Å². The molecule has 0 atom stereocenters. The van der Waals surface area contributed by atoms with E-state index in [2.05, 4.69) is 30.4 Å². The van der Waals surface area contributed by atoms with Crippen LogP contribution in [0.5, 0.6) is 0 Å². The fourth-order valence-electron chi connectivity index (χ4n) is 1.79. The summed E-state index contributed by atoms with van der Waals surface area (Å²) in [6.07, 6.45) is 15.4. The van der Waals surface area contributed by atoms with Crippen LogP contribution in [0.25, 0.3) is 0 Å². The first-order chi connectivity index (χ1) is 6.36. The maximum Gasteiger partial charge on any atom is 0.00895 e. The van der Waals surface area contributed by atoms with Gasteiger partial charge in [-0.3, -0.25) is 0 Å². The van der Waals surface area contributed by atoms with E-state index in [0.29, 0.717) is 0 Å². The fraction of sp³-hybridized carbons (Fsp3) is 0.333. The molecular formula is C12H15N. The molecule has 2 N–H and O–H groups in total. The maximum atomic E-state index is 5.81. The highest BCUT2D eigenvalue weighted by molar-refractivity contribution is 5.45. The normalized spacial score (nSPS) is 22.0. The second-order valence-corrected chi connectivity index (χ2v) is 3.58. The van der Waals surface area contributed by atoms with Crippen molar-refractivity contribution in [3.63, 3.8) is 0 Å². The highest BCUT2D eigenvalue weighted by Crippen LogP contribution is 2.25. The van der Waals surface area contributed by atoms with Crippen LogP contribution >= 0.6 is 0 Å². The van der Waals surface area contributed by atoms with E-state index in [1.54, 1.807) is 0 Å². The minimum Gasteiger partial charge on any atom is -0.402 e. The minimum atomic E-state index is 1.02. The van der Waals surface area contributed by atoms with Gasteiger partial charge in [-0.2, -0.15) is 0 Å². The average molecular weight is 173 g/mol. The average Bonchev–Trinajstić information content (AvgIpc) is 2.19. The molecule has 2 aliphatic rings. The van der Waals surface area contributed by atoms with Crippen LogP contribution in [0.1, 0.15) is 25.7 Å². The molecule has 0 aromatic carbocycles. The van der Waals surface area contributed by atoms with Gasteiger partial charge in [-0.1, -0.05) is 24.3 Å². The van der Waals surface area contributed by atoms with Gasteiger partial charge in [0.15, 0.2) is 0 Å². The Morgan fingerprint density at radius 3 is 2.77 bits per heavy atom. The molecule has 0 radical (unpaired) electrons. The van der Waals surface area contributed by atoms with Crippen molar-refractivity contribution in [2.45, 2.75) is 25.7 Å². The third-order valence-corrected chi connectivity index (χ3v) is 2.52. The van der Waals surface area contributed by atoms with Crippen LogP contribution in [-0.2, 0) is 0 Å². The van der Waals surface area contributed by atoms with Gasteiger partial charge in [0, 0.05) is 5.70 Å². The zero-order valence-electron chi connectivity index (χ0n) is 7.79. The zero-order chi connectivity index (χ0) is 9.10. The van der Waals surface area contributed by atoms with Gasteiger partial charge in [-0.15, -0.1) is 0 Å². The first-order valence-corrected chi connectivity index (χ1v) is 4.88. The lowest BCUT2D eigenvalue weighted by Crippen LogP contribution is -2.03. The summed E-state index contributed by atoms with van der Waals surface area (Å²) in [5.41, 5.74) is 9.60. The molecule has 0 aromatic heterocycles. The Hall–Kier alpha value is -1.24. The van der Waals surface area contributed by atoms with Crippen molar-refractivity contribution in [2.75, 3.05) is 0 Å². The van der Waals surface area contributed by atoms with Crippen LogP contribution < -0.4 is 5.73 Å². The quantitative estimate of drug-likeness (QED) is 0.648. The van der Waals surface area contributed by atoms with E-state index in [4.69, 9.17) is 5.73 Å². The molecule has 0 spiro atoms. The van der Waals surface area contributed by atoms with E-state index in [0.717, 1.165) is 31.4 Å². The summed E-state index contributed by atoms with van der Waals surface area (Å²) in [5, 5.41) is 0. The van der Waals surface area contributed by atoms with Crippen LogP contribution in [0.3, 0.4) is 0 Å². The summed E-state index contributed by atoms with van der Waals surface area (Å²) in [7, 11) is 0. The lowest BCUT2D eigenvalue weighted by molar-refractivity contribution is 0.909. The molecule has 0 amide bonds. The number of hydrogen-bond acceptors (Lipinski definition) is 1. The summed E-state index contributed by atoms with van der Waals surface area (Å²) < 4.78 is 0. The Morgan fingerprint density at radius 2 is 2.08 bits per heavy atom. The molecule has 2 rings (SSSR count). The lowest BCUT2D eigenvalue weighted by atomic mass is 9.92. The van der Waals surface area contributed by atoms with Gasteiger partial charge in [0.2, 0.25) is 0 Å². The van der Waals surface area contributed by atoms with Gasteiger partial charge < -0.3 is 5.73 Å². The predicted octanol–water partition coefficient (Wildman–Crippen LogP) is 2.83. The molecule has 0 saturated carbocycles. The third kappa shape index (κ3) is 1.92. The second kappa shape index (κ2) is 3.65. The fourth-order valence-corrected chi connectivity index (χ4v) is 1.79. The number of hydrogen-bond donors (Lipinski definition) is 1. The van der Waals surface area contributed by atoms with Crippen molar-refractivity contribution < 1.29 is 0 Å². The monoisotopic (exact) mass is 173 g/mol. The minimum absolute atomic E-state index is 1.02. The van der Waals surface area contributed by atoms with Gasteiger partial charge >= 0.3 is 0 Å². The van der Waals surface area contributed by atoms with Crippen molar-refractivity contribution in [1.82, 2.24) is 0 Å². The Balaban J connectivity index is 2.21. The summed E-state index contributed by atoms with van der Waals surface area (Å²) in [6, 6.07) is 0. The Kier molecular flexibility index (Phi) is 2.35. The zero-order valence-corrected chi connectivity index (χ0v) is 7.79. The number of nitrogens with two attached hydrogens (primary N) is 1. The van der Waals surface area contributed by atoms with E-state index in [1.807, 2.05) is 0 Å². The summed E-state index contributed by atoms with van der Waals surface area (Å²) in [4.78, 5) is 0. The number of allylic oxidation sites excluding steroid dienone is 8. The van der Waals surface area contributed by atoms with Crippen molar-refractivity contribution in [3.05, 3.63) is 47.2 Å². The molecule has 0 aliphatic heterocycles. The van der Waals surface area contributed by atoms with Crippen molar-refractivity contribution in [3.8, 4) is 0 Å². The lowest BCUT2D eigenvalue weighted by Gasteiger charge is -2.14. The number of rotatable bonds is 1. The van der Waals surface area contributed by atoms with Gasteiger partial charge in [0.1, 0.15) is 0 Å². The molecule has 0 heterocycles. The molecular weight excluding hydrogens is 158 g/mol. The van der Waals surface area contributed by atoms with Crippen LogP contribution in [0.15, 0.2) is 47.2 Å². The van der Waals surface area contributed by atoms with Crippen molar-refractivity contribution in [1.29, 1.82) is 0 Å². The molecule has 1 heteroatoms. The molecule has 0 fully saturated rings. The van der Waals surface area contributed by atoms with E-state index in [9.17, 15) is 0 Å². The molecule has 0 saturated heterocycles. The Labute approximate surface area is 79.3 Å². The largest absolute Gasteiger partial charge is 0.402 e. The topological polar surface area (TPSA) is 26.0 Å². The SMILES string of the molecule is NC1=CC(C2=CC=CCC2)=CCC1. The molecule has 2 aliphatic carbocycles. The van der Waals surface area contributed by atoms with Crippen LogP contribution in [-0.4, -0.2) is 0 Å². The van der Waals surface area contributed by atoms with Crippen molar-refractivity contribution in [2.24, 2.45) is 5.73 Å². The van der Waals surface area contributed by atoms with Crippen LogP contribution in [0, 0.1) is 0 Å². The molecule has 1 nitrogen and oxygen atoms in total.